The van der Waals surface area contributed by atoms with E-state index in [9.17, 15) is 24.9 Å². The van der Waals surface area contributed by atoms with Crippen molar-refractivity contribution in [1.82, 2.24) is 10.2 Å². The molecule has 1 fully saturated rings. The lowest BCUT2D eigenvalue weighted by atomic mass is 9.87. The van der Waals surface area contributed by atoms with Crippen LogP contribution >= 0.6 is 22.6 Å². The standard InChI is InChI=1S/C27H39IN2O8/c1-16(2)9-24(33)30(14-19-5-4-8-37-19)21-12-18(27(35)29-6-7-31)13-22(25(21)34)38-26-20(28)10-17(15-32)11-23(26)36-3/h10-11,13,16,19,21-22,25,31-32,34H,4-9,12,14-15H2,1-3H3,(H,29,35)/t19-,21-,22+,25+/m1/s1. The van der Waals surface area contributed by atoms with Crippen molar-refractivity contribution in [2.75, 3.05) is 33.4 Å². The summed E-state index contributed by atoms with van der Waals surface area (Å²) in [5.74, 6) is 0.341. The summed E-state index contributed by atoms with van der Waals surface area (Å²) in [6.45, 7) is 4.56. The zero-order valence-electron chi connectivity index (χ0n) is 22.2. The highest BCUT2D eigenvalue weighted by atomic mass is 127. The lowest BCUT2D eigenvalue weighted by Gasteiger charge is -2.41. The Morgan fingerprint density at radius 3 is 2.66 bits per heavy atom. The van der Waals surface area contributed by atoms with Gasteiger partial charge in [0.25, 0.3) is 0 Å². The lowest BCUT2D eigenvalue weighted by Crippen LogP contribution is -2.56. The predicted molar refractivity (Wildman–Crippen MR) is 149 cm³/mol. The topological polar surface area (TPSA) is 138 Å². The highest BCUT2D eigenvalue weighted by molar-refractivity contribution is 14.1. The molecule has 212 valence electrons. The van der Waals surface area contributed by atoms with Crippen LogP contribution in [0.2, 0.25) is 0 Å². The van der Waals surface area contributed by atoms with E-state index in [1.807, 2.05) is 13.8 Å². The summed E-state index contributed by atoms with van der Waals surface area (Å²) < 4.78 is 18.2. The Kier molecular flexibility index (Phi) is 11.6. The number of aliphatic hydroxyl groups excluding tert-OH is 3. The molecule has 4 N–H and O–H groups in total. The number of hydrogen-bond donors (Lipinski definition) is 4. The normalized spacial score (nSPS) is 23.2. The summed E-state index contributed by atoms with van der Waals surface area (Å²) in [5.41, 5.74) is 0.997. The number of hydrogen-bond acceptors (Lipinski definition) is 8. The van der Waals surface area contributed by atoms with Crippen LogP contribution in [0.25, 0.3) is 0 Å². The van der Waals surface area contributed by atoms with Crippen LogP contribution < -0.4 is 14.8 Å². The Bertz CT molecular complexity index is 996. The molecule has 1 aromatic rings. The number of amides is 2. The van der Waals surface area contributed by atoms with Crippen LogP contribution in [0.15, 0.2) is 23.8 Å². The van der Waals surface area contributed by atoms with Crippen molar-refractivity contribution >= 4 is 34.4 Å². The minimum Gasteiger partial charge on any atom is -0.493 e. The molecule has 2 aliphatic rings. The van der Waals surface area contributed by atoms with Gasteiger partial charge in [0.15, 0.2) is 11.5 Å². The molecule has 1 heterocycles. The van der Waals surface area contributed by atoms with E-state index in [-0.39, 0.29) is 44.1 Å². The van der Waals surface area contributed by atoms with Crippen molar-refractivity contribution in [3.05, 3.63) is 32.9 Å². The summed E-state index contributed by atoms with van der Waals surface area (Å²) in [6.07, 6.45) is 1.48. The smallest absolute Gasteiger partial charge is 0.247 e. The molecule has 1 aliphatic carbocycles. The second kappa shape index (κ2) is 14.5. The molecule has 10 nitrogen and oxygen atoms in total. The van der Waals surface area contributed by atoms with Gasteiger partial charge in [-0.15, -0.1) is 0 Å². The van der Waals surface area contributed by atoms with Gasteiger partial charge < -0.3 is 39.7 Å². The van der Waals surface area contributed by atoms with Crippen LogP contribution in [0.5, 0.6) is 11.5 Å². The molecule has 3 rings (SSSR count). The first kappa shape index (κ1) is 30.6. The summed E-state index contributed by atoms with van der Waals surface area (Å²) in [5, 5.41) is 33.0. The molecular weight excluding hydrogens is 607 g/mol. The summed E-state index contributed by atoms with van der Waals surface area (Å²) in [7, 11) is 1.48. The van der Waals surface area contributed by atoms with E-state index in [0.29, 0.717) is 45.8 Å². The first-order valence-corrected chi connectivity index (χ1v) is 14.1. The Morgan fingerprint density at radius 1 is 1.29 bits per heavy atom. The zero-order chi connectivity index (χ0) is 27.8. The maximum Gasteiger partial charge on any atom is 0.247 e. The van der Waals surface area contributed by atoms with Gasteiger partial charge in [-0.1, -0.05) is 13.8 Å². The van der Waals surface area contributed by atoms with E-state index >= 15 is 0 Å². The molecule has 0 unspecified atom stereocenters. The van der Waals surface area contributed by atoms with Crippen molar-refractivity contribution in [2.24, 2.45) is 5.92 Å². The number of carbonyl (C=O) groups excluding carboxylic acids is 2. The van der Waals surface area contributed by atoms with Crippen LogP contribution in [0.3, 0.4) is 0 Å². The van der Waals surface area contributed by atoms with E-state index in [1.165, 1.54) is 7.11 Å². The average molecular weight is 647 g/mol. The van der Waals surface area contributed by atoms with Crippen LogP contribution in [-0.4, -0.2) is 89.8 Å². The maximum atomic E-state index is 13.4. The molecule has 0 spiro atoms. The minimum atomic E-state index is -1.14. The molecule has 0 saturated carbocycles. The van der Waals surface area contributed by atoms with E-state index in [4.69, 9.17) is 14.2 Å². The third kappa shape index (κ3) is 7.81. The van der Waals surface area contributed by atoms with E-state index in [1.54, 1.807) is 23.1 Å². The molecule has 11 heteroatoms. The summed E-state index contributed by atoms with van der Waals surface area (Å²) >= 11 is 2.07. The highest BCUT2D eigenvalue weighted by Gasteiger charge is 2.42. The molecule has 4 atom stereocenters. The largest absolute Gasteiger partial charge is 0.493 e. The first-order chi connectivity index (χ1) is 18.2. The lowest BCUT2D eigenvalue weighted by molar-refractivity contribution is -0.141. The van der Waals surface area contributed by atoms with Crippen LogP contribution in [0.1, 0.15) is 45.1 Å². The molecule has 0 bridgehead atoms. The van der Waals surface area contributed by atoms with Crippen LogP contribution in [-0.2, 0) is 20.9 Å². The Balaban J connectivity index is 1.99. The number of rotatable bonds is 12. The fraction of sp³-hybridized carbons (Fsp3) is 0.630. The second-order valence-corrected chi connectivity index (χ2v) is 11.2. The number of methoxy groups -OCH3 is 1. The number of nitrogens with zero attached hydrogens (tertiary/aromatic N) is 1. The quantitative estimate of drug-likeness (QED) is 0.252. The van der Waals surface area contributed by atoms with E-state index in [2.05, 4.69) is 27.9 Å². The molecular formula is C27H39IN2O8. The molecule has 38 heavy (non-hydrogen) atoms. The van der Waals surface area contributed by atoms with Gasteiger partial charge in [-0.3, -0.25) is 9.59 Å². The van der Waals surface area contributed by atoms with Gasteiger partial charge in [-0.25, -0.2) is 0 Å². The van der Waals surface area contributed by atoms with Gasteiger partial charge in [0, 0.05) is 38.1 Å². The Labute approximate surface area is 237 Å². The van der Waals surface area contributed by atoms with Gasteiger partial charge in [0.1, 0.15) is 12.2 Å². The fourth-order valence-corrected chi connectivity index (χ4v) is 5.58. The highest BCUT2D eigenvalue weighted by Crippen LogP contribution is 2.37. The molecule has 1 saturated heterocycles. The number of nitrogens with one attached hydrogen (secondary N) is 1. The van der Waals surface area contributed by atoms with Gasteiger partial charge in [-0.2, -0.15) is 0 Å². The number of carbonyl (C=O) groups is 2. The van der Waals surface area contributed by atoms with Gasteiger partial charge in [0.2, 0.25) is 11.8 Å². The number of ether oxygens (including phenoxy) is 3. The number of halogens is 1. The van der Waals surface area contributed by atoms with Crippen LogP contribution in [0.4, 0.5) is 0 Å². The summed E-state index contributed by atoms with van der Waals surface area (Å²) in [4.78, 5) is 28.1. The third-order valence-electron chi connectivity index (χ3n) is 6.67. The fourth-order valence-electron chi connectivity index (χ4n) is 4.79. The number of aliphatic hydroxyl groups is 3. The minimum absolute atomic E-state index is 0.0785. The van der Waals surface area contributed by atoms with E-state index < -0.39 is 24.2 Å². The third-order valence-corrected chi connectivity index (χ3v) is 7.47. The SMILES string of the molecule is COc1cc(CO)cc(I)c1O[C@H]1C=C(C(=O)NCCO)C[C@@H](N(C[C@H]2CCCO2)C(=O)CC(C)C)[C@@H]1O. The van der Waals surface area contributed by atoms with Crippen molar-refractivity contribution < 1.29 is 39.1 Å². The molecule has 1 aliphatic heterocycles. The van der Waals surface area contributed by atoms with Crippen molar-refractivity contribution in [2.45, 2.75) is 70.5 Å². The van der Waals surface area contributed by atoms with E-state index in [0.717, 1.165) is 12.8 Å². The Hall–Kier alpha value is -1.93. The maximum absolute atomic E-state index is 13.4. The Morgan fingerprint density at radius 2 is 2.05 bits per heavy atom. The average Bonchev–Trinajstić information content (AvgIpc) is 3.40. The predicted octanol–water partition coefficient (Wildman–Crippen LogP) is 1.76. The molecule has 0 aromatic heterocycles. The number of benzene rings is 1. The van der Waals surface area contributed by atoms with Gasteiger partial charge in [0.05, 0.1) is 36.0 Å². The van der Waals surface area contributed by atoms with Gasteiger partial charge in [-0.05, 0) is 65.1 Å². The molecule has 1 aromatic carbocycles. The second-order valence-electron chi connectivity index (χ2n) is 10.1. The molecule has 0 radical (unpaired) electrons. The van der Waals surface area contributed by atoms with Crippen LogP contribution in [0, 0.1) is 9.49 Å². The zero-order valence-corrected chi connectivity index (χ0v) is 24.3. The first-order valence-electron chi connectivity index (χ1n) is 13.0. The monoisotopic (exact) mass is 646 g/mol. The van der Waals surface area contributed by atoms with Crippen molar-refractivity contribution in [3.8, 4) is 11.5 Å². The van der Waals surface area contributed by atoms with Crippen molar-refractivity contribution in [3.63, 3.8) is 0 Å². The summed E-state index contributed by atoms with van der Waals surface area (Å²) in [6, 6.07) is 2.67. The molecule has 2 amide bonds. The van der Waals surface area contributed by atoms with Crippen molar-refractivity contribution in [1.29, 1.82) is 0 Å². The van der Waals surface area contributed by atoms with Gasteiger partial charge >= 0.3 is 0 Å².